The molecule has 0 aliphatic carbocycles. The third-order valence-corrected chi connectivity index (χ3v) is 3.06. The SMILES string of the molecule is O=C(Cl)c1ccc(Br)cc1-c1cc(F)cc(F)c1. The van der Waals surface area contributed by atoms with E-state index in [1.807, 2.05) is 0 Å². The zero-order valence-electron chi connectivity index (χ0n) is 8.88. The van der Waals surface area contributed by atoms with Crippen LogP contribution in [0.4, 0.5) is 8.78 Å². The molecule has 0 aliphatic rings. The van der Waals surface area contributed by atoms with Gasteiger partial charge >= 0.3 is 0 Å². The van der Waals surface area contributed by atoms with E-state index in [-0.39, 0.29) is 11.1 Å². The number of rotatable bonds is 2. The van der Waals surface area contributed by atoms with Crippen molar-refractivity contribution in [2.75, 3.05) is 0 Å². The fraction of sp³-hybridized carbons (Fsp3) is 0. The molecule has 0 spiro atoms. The van der Waals surface area contributed by atoms with Crippen molar-refractivity contribution in [2.45, 2.75) is 0 Å². The second kappa shape index (κ2) is 5.16. The maximum absolute atomic E-state index is 13.2. The van der Waals surface area contributed by atoms with Crippen molar-refractivity contribution in [2.24, 2.45) is 0 Å². The van der Waals surface area contributed by atoms with Gasteiger partial charge in [0.05, 0.1) is 0 Å². The molecule has 1 nitrogen and oxygen atoms in total. The van der Waals surface area contributed by atoms with Gasteiger partial charge in [0, 0.05) is 16.1 Å². The predicted octanol–water partition coefficient (Wildman–Crippen LogP) is 4.77. The highest BCUT2D eigenvalue weighted by atomic mass is 79.9. The molecule has 0 bridgehead atoms. The van der Waals surface area contributed by atoms with E-state index in [9.17, 15) is 13.6 Å². The largest absolute Gasteiger partial charge is 0.276 e. The van der Waals surface area contributed by atoms with E-state index in [0.29, 0.717) is 10.0 Å². The van der Waals surface area contributed by atoms with Gasteiger partial charge in [-0.1, -0.05) is 15.9 Å². The van der Waals surface area contributed by atoms with Crippen LogP contribution in [0.25, 0.3) is 11.1 Å². The Labute approximate surface area is 116 Å². The van der Waals surface area contributed by atoms with Crippen LogP contribution in [0.1, 0.15) is 10.4 Å². The summed E-state index contributed by atoms with van der Waals surface area (Å²) in [6.07, 6.45) is 0. The molecule has 92 valence electrons. The molecule has 0 heterocycles. The molecule has 0 saturated carbocycles. The third-order valence-electron chi connectivity index (χ3n) is 2.37. The minimum Gasteiger partial charge on any atom is -0.276 e. The molecular weight excluding hydrogens is 325 g/mol. The number of carbonyl (C=O) groups is 1. The van der Waals surface area contributed by atoms with Crippen molar-refractivity contribution in [3.8, 4) is 11.1 Å². The maximum atomic E-state index is 13.2. The van der Waals surface area contributed by atoms with Crippen LogP contribution in [0.5, 0.6) is 0 Å². The molecule has 0 aromatic heterocycles. The lowest BCUT2D eigenvalue weighted by molar-refractivity contribution is 0.108. The maximum Gasteiger partial charge on any atom is 0.253 e. The van der Waals surface area contributed by atoms with Gasteiger partial charge in [-0.05, 0) is 53.1 Å². The highest BCUT2D eigenvalue weighted by molar-refractivity contribution is 9.10. The predicted molar refractivity (Wildman–Crippen MR) is 69.7 cm³/mol. The standard InChI is InChI=1S/C13H6BrClF2O/c14-8-1-2-11(13(15)18)12(5-8)7-3-9(16)6-10(17)4-7/h1-6H. The van der Waals surface area contributed by atoms with Crippen LogP contribution in [0, 0.1) is 11.6 Å². The molecule has 0 radical (unpaired) electrons. The normalized spacial score (nSPS) is 10.4. The average molecular weight is 332 g/mol. The number of carbonyl (C=O) groups excluding carboxylic acids is 1. The number of hydrogen-bond acceptors (Lipinski definition) is 1. The van der Waals surface area contributed by atoms with Gasteiger partial charge in [0.2, 0.25) is 0 Å². The van der Waals surface area contributed by atoms with Gasteiger partial charge in [0.15, 0.2) is 0 Å². The second-order valence-electron chi connectivity index (χ2n) is 3.62. The first-order chi connectivity index (χ1) is 8.47. The summed E-state index contributed by atoms with van der Waals surface area (Å²) in [5.41, 5.74) is 0.838. The summed E-state index contributed by atoms with van der Waals surface area (Å²) < 4.78 is 27.0. The van der Waals surface area contributed by atoms with Gasteiger partial charge in [0.25, 0.3) is 5.24 Å². The monoisotopic (exact) mass is 330 g/mol. The van der Waals surface area contributed by atoms with Crippen LogP contribution in [-0.4, -0.2) is 5.24 Å². The Hall–Kier alpha value is -1.26. The van der Waals surface area contributed by atoms with Crippen molar-refractivity contribution >= 4 is 32.8 Å². The first kappa shape index (κ1) is 13.2. The molecule has 0 saturated heterocycles. The van der Waals surface area contributed by atoms with Crippen LogP contribution < -0.4 is 0 Å². The van der Waals surface area contributed by atoms with Gasteiger partial charge in [-0.3, -0.25) is 4.79 Å². The molecule has 2 rings (SSSR count). The van der Waals surface area contributed by atoms with Crippen LogP contribution in [-0.2, 0) is 0 Å². The number of halogens is 4. The smallest absolute Gasteiger partial charge is 0.253 e. The molecule has 5 heteroatoms. The summed E-state index contributed by atoms with van der Waals surface area (Å²) in [7, 11) is 0. The Morgan fingerprint density at radius 2 is 1.67 bits per heavy atom. The Kier molecular flexibility index (Phi) is 3.78. The summed E-state index contributed by atoms with van der Waals surface area (Å²) in [5, 5.41) is -0.679. The van der Waals surface area contributed by atoms with Gasteiger partial charge in [-0.2, -0.15) is 0 Å². The zero-order chi connectivity index (χ0) is 13.3. The van der Waals surface area contributed by atoms with Gasteiger partial charge in [0.1, 0.15) is 11.6 Å². The second-order valence-corrected chi connectivity index (χ2v) is 4.88. The van der Waals surface area contributed by atoms with E-state index in [1.165, 1.54) is 6.07 Å². The first-order valence-corrected chi connectivity index (χ1v) is 6.10. The quantitative estimate of drug-likeness (QED) is 0.724. The Bertz CT molecular complexity index is 608. The van der Waals surface area contributed by atoms with Crippen LogP contribution in [0.15, 0.2) is 40.9 Å². The van der Waals surface area contributed by atoms with Crippen LogP contribution in [0.3, 0.4) is 0 Å². The van der Waals surface area contributed by atoms with Crippen molar-refractivity contribution < 1.29 is 13.6 Å². The van der Waals surface area contributed by atoms with Crippen molar-refractivity contribution in [1.29, 1.82) is 0 Å². The van der Waals surface area contributed by atoms with E-state index in [0.717, 1.165) is 18.2 Å². The third kappa shape index (κ3) is 2.76. The summed E-state index contributed by atoms with van der Waals surface area (Å²) in [6.45, 7) is 0. The summed E-state index contributed by atoms with van der Waals surface area (Å²) in [4.78, 5) is 11.3. The van der Waals surface area contributed by atoms with E-state index in [4.69, 9.17) is 11.6 Å². The van der Waals surface area contributed by atoms with Crippen molar-refractivity contribution in [3.05, 3.63) is 58.1 Å². The summed E-state index contributed by atoms with van der Waals surface area (Å²) in [6, 6.07) is 7.78. The van der Waals surface area contributed by atoms with Crippen molar-refractivity contribution in [3.63, 3.8) is 0 Å². The number of hydrogen-bond donors (Lipinski definition) is 0. The summed E-state index contributed by atoms with van der Waals surface area (Å²) >= 11 is 8.69. The lowest BCUT2D eigenvalue weighted by atomic mass is 10.0. The molecule has 0 N–H and O–H groups in total. The molecule has 0 atom stereocenters. The van der Waals surface area contributed by atoms with E-state index >= 15 is 0 Å². The lowest BCUT2D eigenvalue weighted by Gasteiger charge is -2.07. The Balaban J connectivity index is 2.68. The Morgan fingerprint density at radius 3 is 2.22 bits per heavy atom. The van der Waals surface area contributed by atoms with Crippen LogP contribution >= 0.6 is 27.5 Å². The van der Waals surface area contributed by atoms with Gasteiger partial charge < -0.3 is 0 Å². The van der Waals surface area contributed by atoms with Gasteiger partial charge in [-0.25, -0.2) is 8.78 Å². The fourth-order valence-corrected chi connectivity index (χ4v) is 2.16. The minimum atomic E-state index is -0.710. The Morgan fingerprint density at radius 1 is 1.06 bits per heavy atom. The molecule has 0 amide bonds. The average Bonchev–Trinajstić information content (AvgIpc) is 2.27. The van der Waals surface area contributed by atoms with E-state index in [1.54, 1.807) is 12.1 Å². The molecule has 0 unspecified atom stereocenters. The fourth-order valence-electron chi connectivity index (χ4n) is 1.64. The van der Waals surface area contributed by atoms with E-state index in [2.05, 4.69) is 15.9 Å². The van der Waals surface area contributed by atoms with Crippen LogP contribution in [0.2, 0.25) is 0 Å². The van der Waals surface area contributed by atoms with Crippen molar-refractivity contribution in [1.82, 2.24) is 0 Å². The number of benzene rings is 2. The summed E-state index contributed by atoms with van der Waals surface area (Å²) in [5.74, 6) is -1.42. The lowest BCUT2D eigenvalue weighted by Crippen LogP contribution is -1.95. The van der Waals surface area contributed by atoms with Gasteiger partial charge in [-0.15, -0.1) is 0 Å². The highest BCUT2D eigenvalue weighted by Crippen LogP contribution is 2.29. The molecule has 0 aliphatic heterocycles. The molecule has 2 aromatic carbocycles. The van der Waals surface area contributed by atoms with E-state index < -0.39 is 16.9 Å². The highest BCUT2D eigenvalue weighted by Gasteiger charge is 2.13. The first-order valence-electron chi connectivity index (χ1n) is 4.93. The molecule has 2 aromatic rings. The molecule has 0 fully saturated rings. The zero-order valence-corrected chi connectivity index (χ0v) is 11.2. The minimum absolute atomic E-state index is 0.199. The molecule has 18 heavy (non-hydrogen) atoms. The molecular formula is C13H6BrClF2O. The topological polar surface area (TPSA) is 17.1 Å².